The van der Waals surface area contributed by atoms with Gasteiger partial charge in [0.2, 0.25) is 0 Å². The zero-order valence-corrected chi connectivity index (χ0v) is 10.9. The van der Waals surface area contributed by atoms with Gasteiger partial charge in [-0.15, -0.1) is 0 Å². The number of primary amides is 1. The number of nitrogens with two attached hydrogens (primary N) is 2. The van der Waals surface area contributed by atoms with Gasteiger partial charge in [0.25, 0.3) is 5.91 Å². The van der Waals surface area contributed by atoms with Crippen molar-refractivity contribution in [1.29, 1.82) is 0 Å². The van der Waals surface area contributed by atoms with Crippen molar-refractivity contribution in [1.82, 2.24) is 0 Å². The highest BCUT2D eigenvalue weighted by atomic mass is 19.1. The molecule has 0 saturated heterocycles. The van der Waals surface area contributed by atoms with Crippen molar-refractivity contribution in [2.45, 2.75) is 6.42 Å². The van der Waals surface area contributed by atoms with E-state index in [9.17, 15) is 9.18 Å². The highest BCUT2D eigenvalue weighted by Gasteiger charge is 2.09. The summed E-state index contributed by atoms with van der Waals surface area (Å²) >= 11 is 0. The Morgan fingerprint density at radius 3 is 2.60 bits per heavy atom. The van der Waals surface area contributed by atoms with Gasteiger partial charge in [-0.25, -0.2) is 4.39 Å². The number of hydrogen-bond donors (Lipinski definition) is 3. The minimum atomic E-state index is -0.569. The van der Waals surface area contributed by atoms with Crippen LogP contribution in [0.4, 0.5) is 15.8 Å². The monoisotopic (exact) mass is 273 g/mol. The molecule has 4 nitrogen and oxygen atoms in total. The van der Waals surface area contributed by atoms with E-state index >= 15 is 0 Å². The van der Waals surface area contributed by atoms with E-state index in [0.717, 1.165) is 0 Å². The minimum Gasteiger partial charge on any atom is -0.396 e. The van der Waals surface area contributed by atoms with Crippen molar-refractivity contribution < 1.29 is 9.18 Å². The number of nitrogens with one attached hydrogen (secondary N) is 1. The molecule has 0 aliphatic carbocycles. The molecule has 0 unspecified atom stereocenters. The first-order valence-electron chi connectivity index (χ1n) is 6.25. The Morgan fingerprint density at radius 1 is 1.15 bits per heavy atom. The normalized spacial score (nSPS) is 10.2. The lowest BCUT2D eigenvalue weighted by Crippen LogP contribution is -2.15. The third-order valence-electron chi connectivity index (χ3n) is 3.04. The first-order valence-corrected chi connectivity index (χ1v) is 6.25. The maximum atomic E-state index is 13.5. The van der Waals surface area contributed by atoms with Crippen molar-refractivity contribution in [2.24, 2.45) is 5.73 Å². The fraction of sp³-hybridized carbons (Fsp3) is 0.133. The molecule has 0 atom stereocenters. The molecule has 2 aromatic rings. The summed E-state index contributed by atoms with van der Waals surface area (Å²) in [6, 6.07) is 11.6. The lowest BCUT2D eigenvalue weighted by atomic mass is 10.1. The van der Waals surface area contributed by atoms with Crippen LogP contribution in [0, 0.1) is 5.82 Å². The number of anilines is 2. The van der Waals surface area contributed by atoms with E-state index in [4.69, 9.17) is 11.5 Å². The fourth-order valence-corrected chi connectivity index (χ4v) is 1.97. The van der Waals surface area contributed by atoms with Gasteiger partial charge >= 0.3 is 0 Å². The molecule has 0 saturated carbocycles. The Bertz CT molecular complexity index is 628. The fourth-order valence-electron chi connectivity index (χ4n) is 1.97. The molecular weight excluding hydrogens is 257 g/mol. The van der Waals surface area contributed by atoms with Crippen LogP contribution in [0.5, 0.6) is 0 Å². The summed E-state index contributed by atoms with van der Waals surface area (Å²) in [6.07, 6.45) is 0.521. The molecule has 20 heavy (non-hydrogen) atoms. The van der Waals surface area contributed by atoms with Crippen molar-refractivity contribution in [2.75, 3.05) is 17.6 Å². The average molecular weight is 273 g/mol. The Labute approximate surface area is 116 Å². The number of rotatable bonds is 5. The van der Waals surface area contributed by atoms with E-state index in [1.54, 1.807) is 36.4 Å². The van der Waals surface area contributed by atoms with Crippen LogP contribution in [0.3, 0.4) is 0 Å². The Hall–Kier alpha value is -2.56. The van der Waals surface area contributed by atoms with Crippen LogP contribution in [-0.2, 0) is 6.42 Å². The predicted molar refractivity (Wildman–Crippen MR) is 78.0 cm³/mol. The van der Waals surface area contributed by atoms with Gasteiger partial charge in [-0.1, -0.05) is 24.3 Å². The molecule has 0 radical (unpaired) electrons. The zero-order valence-electron chi connectivity index (χ0n) is 10.9. The smallest absolute Gasteiger partial charge is 0.250 e. The number of carbonyl (C=O) groups is 1. The molecule has 0 fully saturated rings. The van der Waals surface area contributed by atoms with E-state index in [1.165, 1.54) is 6.07 Å². The number of carbonyl (C=O) groups excluding carboxylic acids is 1. The Balaban J connectivity index is 2.03. The largest absolute Gasteiger partial charge is 0.396 e. The van der Waals surface area contributed by atoms with E-state index < -0.39 is 5.91 Å². The van der Waals surface area contributed by atoms with Gasteiger partial charge in [0.1, 0.15) is 5.82 Å². The average Bonchev–Trinajstić information content (AvgIpc) is 2.42. The molecule has 0 aromatic heterocycles. The predicted octanol–water partition coefficient (Wildman–Crippen LogP) is 2.16. The SMILES string of the molecule is NC(=O)c1cccc(NCCc2ccccc2F)c1N. The van der Waals surface area contributed by atoms with E-state index in [-0.39, 0.29) is 11.4 Å². The van der Waals surface area contributed by atoms with Gasteiger partial charge < -0.3 is 16.8 Å². The molecule has 104 valence electrons. The Kier molecular flexibility index (Phi) is 4.20. The molecule has 0 spiro atoms. The van der Waals surface area contributed by atoms with Crippen molar-refractivity contribution in [3.8, 4) is 0 Å². The molecule has 0 aliphatic rings. The molecule has 1 amide bonds. The third-order valence-corrected chi connectivity index (χ3v) is 3.04. The summed E-state index contributed by atoms with van der Waals surface area (Å²) in [5.74, 6) is -0.798. The van der Waals surface area contributed by atoms with Gasteiger partial charge in [0, 0.05) is 6.54 Å². The van der Waals surface area contributed by atoms with Gasteiger partial charge in [-0.3, -0.25) is 4.79 Å². The van der Waals surface area contributed by atoms with Crippen LogP contribution in [0.1, 0.15) is 15.9 Å². The van der Waals surface area contributed by atoms with Crippen LogP contribution in [0.15, 0.2) is 42.5 Å². The minimum absolute atomic E-state index is 0.229. The Morgan fingerprint density at radius 2 is 1.90 bits per heavy atom. The number of benzene rings is 2. The van der Waals surface area contributed by atoms with Crippen molar-refractivity contribution >= 4 is 17.3 Å². The first kappa shape index (κ1) is 13.9. The summed E-state index contributed by atoms with van der Waals surface area (Å²) in [5, 5.41) is 3.08. The van der Waals surface area contributed by atoms with E-state index in [0.29, 0.717) is 29.9 Å². The molecule has 2 aromatic carbocycles. The van der Waals surface area contributed by atoms with Gasteiger partial charge in [0.05, 0.1) is 16.9 Å². The second kappa shape index (κ2) is 6.06. The van der Waals surface area contributed by atoms with Crippen molar-refractivity contribution in [3.05, 3.63) is 59.4 Å². The molecular formula is C15H16FN3O. The van der Waals surface area contributed by atoms with Crippen LogP contribution < -0.4 is 16.8 Å². The second-order valence-corrected chi connectivity index (χ2v) is 4.40. The van der Waals surface area contributed by atoms with Gasteiger partial charge in [0.15, 0.2) is 0 Å². The number of para-hydroxylation sites is 1. The summed E-state index contributed by atoms with van der Waals surface area (Å²) < 4.78 is 13.5. The third kappa shape index (κ3) is 3.06. The number of amides is 1. The first-order chi connectivity index (χ1) is 9.59. The topological polar surface area (TPSA) is 81.1 Å². The van der Waals surface area contributed by atoms with Gasteiger partial charge in [-0.2, -0.15) is 0 Å². The quantitative estimate of drug-likeness (QED) is 0.730. The molecule has 0 bridgehead atoms. The van der Waals surface area contributed by atoms with Crippen LogP contribution in [0.2, 0.25) is 0 Å². The van der Waals surface area contributed by atoms with Crippen LogP contribution in [-0.4, -0.2) is 12.5 Å². The second-order valence-electron chi connectivity index (χ2n) is 4.40. The highest BCUT2D eigenvalue weighted by Crippen LogP contribution is 2.22. The summed E-state index contributed by atoms with van der Waals surface area (Å²) in [5.41, 5.74) is 12.9. The molecule has 0 aliphatic heterocycles. The lowest BCUT2D eigenvalue weighted by Gasteiger charge is -2.11. The van der Waals surface area contributed by atoms with Crippen molar-refractivity contribution in [3.63, 3.8) is 0 Å². The number of hydrogen-bond acceptors (Lipinski definition) is 3. The standard InChI is InChI=1S/C15H16FN3O/c16-12-6-2-1-4-10(12)8-9-19-13-7-3-5-11(14(13)17)15(18)20/h1-7,19H,8-9,17H2,(H2,18,20). The highest BCUT2D eigenvalue weighted by molar-refractivity contribution is 6.00. The van der Waals surface area contributed by atoms with Crippen LogP contribution in [0.25, 0.3) is 0 Å². The zero-order chi connectivity index (χ0) is 14.5. The maximum Gasteiger partial charge on any atom is 0.250 e. The molecule has 2 rings (SSSR count). The molecule has 5 heteroatoms. The summed E-state index contributed by atoms with van der Waals surface area (Å²) in [4.78, 5) is 11.2. The molecule has 0 heterocycles. The summed E-state index contributed by atoms with van der Waals surface area (Å²) in [6.45, 7) is 0.507. The maximum absolute atomic E-state index is 13.5. The van der Waals surface area contributed by atoms with Crippen LogP contribution >= 0.6 is 0 Å². The van der Waals surface area contributed by atoms with Gasteiger partial charge in [-0.05, 0) is 30.2 Å². The number of nitrogen functional groups attached to an aromatic ring is 1. The summed E-state index contributed by atoms with van der Waals surface area (Å²) in [7, 11) is 0. The lowest BCUT2D eigenvalue weighted by molar-refractivity contribution is 0.100. The van der Waals surface area contributed by atoms with E-state index in [1.807, 2.05) is 0 Å². The number of halogens is 1. The molecule has 5 N–H and O–H groups in total. The van der Waals surface area contributed by atoms with E-state index in [2.05, 4.69) is 5.32 Å².